The van der Waals surface area contributed by atoms with Gasteiger partial charge in [-0.2, -0.15) is 5.26 Å². The topological polar surface area (TPSA) is 58.7 Å². The minimum atomic E-state index is -0.175. The van der Waals surface area contributed by atoms with E-state index in [-0.39, 0.29) is 17.4 Å². The van der Waals surface area contributed by atoms with Crippen molar-refractivity contribution in [1.82, 2.24) is 9.55 Å². The van der Waals surface area contributed by atoms with Crippen LogP contribution in [0.15, 0.2) is 34.4 Å². The number of rotatable bonds is 2. The number of nitrogens with zero attached hydrogens (tertiary/aromatic N) is 3. The average molecular weight is 428 g/mol. The molecule has 4 nitrogen and oxygen atoms in total. The summed E-state index contributed by atoms with van der Waals surface area (Å²) >= 11 is 9.64. The zero-order valence-corrected chi connectivity index (χ0v) is 14.2. The molecular formula is C14H7ClIN3OS. The summed E-state index contributed by atoms with van der Waals surface area (Å²) in [5.41, 5.74) is 1.74. The number of benzene rings is 1. The zero-order valence-electron chi connectivity index (χ0n) is 10.5. The van der Waals surface area contributed by atoms with Crippen molar-refractivity contribution in [2.24, 2.45) is 0 Å². The highest BCUT2D eigenvalue weighted by molar-refractivity contribution is 14.1. The summed E-state index contributed by atoms with van der Waals surface area (Å²) in [4.78, 5) is 16.8. The lowest BCUT2D eigenvalue weighted by atomic mass is 10.1. The van der Waals surface area contributed by atoms with Gasteiger partial charge in [-0.05, 0) is 45.8 Å². The van der Waals surface area contributed by atoms with E-state index in [1.807, 2.05) is 17.5 Å². The molecule has 21 heavy (non-hydrogen) atoms. The van der Waals surface area contributed by atoms with Crippen molar-refractivity contribution < 1.29 is 0 Å². The average Bonchev–Trinajstić information content (AvgIpc) is 2.85. The molecule has 0 bridgehead atoms. The minimum Gasteiger partial charge on any atom is -0.278 e. The Morgan fingerprint density at radius 1 is 1.43 bits per heavy atom. The Balaban J connectivity index is 2.18. The van der Waals surface area contributed by atoms with E-state index in [9.17, 15) is 4.79 Å². The molecule has 3 aromatic rings. The first kappa shape index (κ1) is 14.5. The molecule has 0 spiro atoms. The van der Waals surface area contributed by atoms with E-state index in [1.165, 1.54) is 15.9 Å². The Morgan fingerprint density at radius 2 is 2.19 bits per heavy atom. The fourth-order valence-corrected chi connectivity index (χ4v) is 4.01. The van der Waals surface area contributed by atoms with E-state index >= 15 is 0 Å². The van der Waals surface area contributed by atoms with E-state index in [2.05, 4.69) is 33.6 Å². The summed E-state index contributed by atoms with van der Waals surface area (Å²) in [5, 5.41) is 11.1. The van der Waals surface area contributed by atoms with Gasteiger partial charge >= 0.3 is 0 Å². The van der Waals surface area contributed by atoms with Crippen molar-refractivity contribution in [2.45, 2.75) is 6.54 Å². The SMILES string of the molecule is N#Cc1ccccc1Cn1c(Cl)nc2c(I)csc2c1=O. The maximum absolute atomic E-state index is 12.5. The largest absolute Gasteiger partial charge is 0.278 e. The Morgan fingerprint density at radius 3 is 2.95 bits per heavy atom. The van der Waals surface area contributed by atoms with Gasteiger partial charge in [-0.3, -0.25) is 9.36 Å². The van der Waals surface area contributed by atoms with Crippen LogP contribution in [0.1, 0.15) is 11.1 Å². The minimum absolute atomic E-state index is 0.136. The predicted octanol–water partition coefficient (Wildman–Crippen LogP) is 3.64. The van der Waals surface area contributed by atoms with Crippen LogP contribution in [0.4, 0.5) is 0 Å². The molecule has 0 unspecified atom stereocenters. The number of hydrogen-bond donors (Lipinski definition) is 0. The van der Waals surface area contributed by atoms with Crippen molar-refractivity contribution in [2.75, 3.05) is 0 Å². The van der Waals surface area contributed by atoms with Gasteiger partial charge in [-0.15, -0.1) is 11.3 Å². The number of fused-ring (bicyclic) bond motifs is 1. The maximum Gasteiger partial charge on any atom is 0.272 e. The number of nitriles is 1. The molecule has 0 aliphatic carbocycles. The van der Waals surface area contributed by atoms with E-state index in [1.54, 1.807) is 12.1 Å². The van der Waals surface area contributed by atoms with Gasteiger partial charge in [-0.25, -0.2) is 4.98 Å². The fraction of sp³-hybridized carbons (Fsp3) is 0.0714. The lowest BCUT2D eigenvalue weighted by molar-refractivity contribution is 0.749. The Kier molecular flexibility index (Phi) is 3.97. The number of hydrogen-bond acceptors (Lipinski definition) is 4. The van der Waals surface area contributed by atoms with E-state index in [0.29, 0.717) is 15.8 Å². The summed E-state index contributed by atoms with van der Waals surface area (Å²) in [6.07, 6.45) is 0. The van der Waals surface area contributed by atoms with E-state index < -0.39 is 0 Å². The van der Waals surface area contributed by atoms with Gasteiger partial charge in [0.1, 0.15) is 10.2 Å². The van der Waals surface area contributed by atoms with Crippen molar-refractivity contribution >= 4 is 55.7 Å². The van der Waals surface area contributed by atoms with Crippen LogP contribution in [-0.2, 0) is 6.54 Å². The molecule has 0 aliphatic heterocycles. The second kappa shape index (κ2) is 5.75. The van der Waals surface area contributed by atoms with Crippen molar-refractivity contribution in [3.8, 4) is 6.07 Å². The predicted molar refractivity (Wildman–Crippen MR) is 91.9 cm³/mol. The monoisotopic (exact) mass is 427 g/mol. The Hall–Kier alpha value is -1.43. The standard InChI is InChI=1S/C14H7ClIN3OS/c15-14-18-11-10(16)7-21-12(11)13(20)19(14)6-9-4-2-1-3-8(9)5-17/h1-4,7H,6H2. The molecule has 0 amide bonds. The van der Waals surface area contributed by atoms with E-state index in [4.69, 9.17) is 16.9 Å². The molecule has 1 aromatic carbocycles. The molecule has 0 radical (unpaired) electrons. The van der Waals surface area contributed by atoms with Gasteiger partial charge in [0.05, 0.1) is 21.7 Å². The van der Waals surface area contributed by atoms with Crippen LogP contribution in [0.3, 0.4) is 0 Å². The molecule has 2 aromatic heterocycles. The van der Waals surface area contributed by atoms with Gasteiger partial charge in [0, 0.05) is 5.38 Å². The smallest absolute Gasteiger partial charge is 0.272 e. The lowest BCUT2D eigenvalue weighted by Gasteiger charge is -2.09. The molecule has 0 saturated carbocycles. The lowest BCUT2D eigenvalue weighted by Crippen LogP contribution is -2.22. The highest BCUT2D eigenvalue weighted by atomic mass is 127. The number of thiophene rings is 1. The third-order valence-corrected chi connectivity index (χ3v) is 5.54. The number of aromatic nitrogens is 2. The van der Waals surface area contributed by atoms with Crippen molar-refractivity contribution in [3.05, 3.63) is 60.0 Å². The van der Waals surface area contributed by atoms with Crippen LogP contribution in [0.2, 0.25) is 5.28 Å². The van der Waals surface area contributed by atoms with Gasteiger partial charge in [0.15, 0.2) is 0 Å². The molecule has 0 aliphatic rings. The third-order valence-electron chi connectivity index (χ3n) is 3.05. The molecular weight excluding hydrogens is 421 g/mol. The molecule has 7 heteroatoms. The van der Waals surface area contributed by atoms with Gasteiger partial charge in [0.2, 0.25) is 5.28 Å². The Bertz CT molecular complexity index is 942. The van der Waals surface area contributed by atoms with Crippen LogP contribution in [0, 0.1) is 14.9 Å². The molecule has 3 rings (SSSR count). The van der Waals surface area contributed by atoms with Crippen LogP contribution in [0.5, 0.6) is 0 Å². The highest BCUT2D eigenvalue weighted by Gasteiger charge is 2.14. The first-order valence-electron chi connectivity index (χ1n) is 5.93. The fourth-order valence-electron chi connectivity index (χ4n) is 2.02. The summed E-state index contributed by atoms with van der Waals surface area (Å²) < 4.78 is 2.89. The normalized spacial score (nSPS) is 10.7. The summed E-state index contributed by atoms with van der Waals surface area (Å²) in [6.45, 7) is 0.235. The van der Waals surface area contributed by atoms with Crippen molar-refractivity contribution in [3.63, 3.8) is 0 Å². The second-order valence-corrected chi connectivity index (χ2v) is 6.68. The van der Waals surface area contributed by atoms with Crippen LogP contribution < -0.4 is 5.56 Å². The third kappa shape index (κ3) is 2.57. The summed E-state index contributed by atoms with van der Waals surface area (Å²) in [5.74, 6) is 0. The van der Waals surface area contributed by atoms with Crippen molar-refractivity contribution in [1.29, 1.82) is 5.26 Å². The Labute approximate surface area is 142 Å². The quantitative estimate of drug-likeness (QED) is 0.463. The molecule has 104 valence electrons. The van der Waals surface area contributed by atoms with Gasteiger partial charge in [-0.1, -0.05) is 18.2 Å². The summed E-state index contributed by atoms with van der Waals surface area (Å²) in [7, 11) is 0. The molecule has 0 saturated heterocycles. The molecule has 2 heterocycles. The van der Waals surface area contributed by atoms with Gasteiger partial charge in [0.25, 0.3) is 5.56 Å². The molecule has 0 atom stereocenters. The maximum atomic E-state index is 12.5. The van der Waals surface area contributed by atoms with E-state index in [0.717, 1.165) is 9.13 Å². The molecule has 0 fully saturated rings. The van der Waals surface area contributed by atoms with Crippen LogP contribution in [-0.4, -0.2) is 9.55 Å². The first-order chi connectivity index (χ1) is 10.1. The highest BCUT2D eigenvalue weighted by Crippen LogP contribution is 2.24. The zero-order chi connectivity index (χ0) is 15.0. The van der Waals surface area contributed by atoms with Gasteiger partial charge < -0.3 is 0 Å². The first-order valence-corrected chi connectivity index (χ1v) is 8.26. The van der Waals surface area contributed by atoms with Crippen LogP contribution in [0.25, 0.3) is 10.2 Å². The van der Waals surface area contributed by atoms with Crippen LogP contribution >= 0.6 is 45.5 Å². The molecule has 0 N–H and O–H groups in total. The number of halogens is 2. The second-order valence-electron chi connectivity index (χ2n) is 4.30. The summed E-state index contributed by atoms with van der Waals surface area (Å²) in [6, 6.07) is 9.26.